The first-order valence-corrected chi connectivity index (χ1v) is 4.83. The second-order valence-corrected chi connectivity index (χ2v) is 3.80. The number of Topliss-reactive ketones (excluding diaryl/α,β-unsaturated/α-hetero) is 1. The number of hydrogen-bond acceptors (Lipinski definition) is 3. The molecule has 1 rings (SSSR count). The summed E-state index contributed by atoms with van der Waals surface area (Å²) in [4.78, 5) is 24.1. The van der Waals surface area contributed by atoms with Gasteiger partial charge in [-0.2, -0.15) is 0 Å². The average molecular weight is 199 g/mol. The van der Waals surface area contributed by atoms with Crippen molar-refractivity contribution < 1.29 is 9.59 Å². The van der Waals surface area contributed by atoms with Crippen molar-refractivity contribution in [2.24, 2.45) is 5.92 Å². The zero-order chi connectivity index (χ0) is 10.0. The minimum atomic E-state index is -0.0566. The molecule has 1 saturated heterocycles. The summed E-state index contributed by atoms with van der Waals surface area (Å²) in [5, 5.41) is 0. The highest BCUT2D eigenvalue weighted by molar-refractivity contribution is 5.82. The lowest BCUT2D eigenvalue weighted by atomic mass is 10.0. The van der Waals surface area contributed by atoms with Crippen molar-refractivity contribution in [2.45, 2.75) is 46.7 Å². The van der Waals surface area contributed by atoms with Crippen molar-refractivity contribution in [3.05, 3.63) is 0 Å². The van der Waals surface area contributed by atoms with Crippen molar-refractivity contribution in [1.29, 1.82) is 0 Å². The molecule has 0 aromatic heterocycles. The molecule has 0 spiro atoms. The highest BCUT2D eigenvalue weighted by atomic mass is 16.1. The predicted octanol–water partition coefficient (Wildman–Crippen LogP) is 1.51. The SMILES string of the molecule is C.CCN1[C@@H](C(C)=O)C[C@@H](C)[C@@H]1C=O. The Bertz CT molecular complexity index is 215. The molecular formula is C11H21NO2. The molecular weight excluding hydrogens is 178 g/mol. The minimum Gasteiger partial charge on any atom is -0.302 e. The number of nitrogens with zero attached hydrogens (tertiary/aromatic N) is 1. The van der Waals surface area contributed by atoms with E-state index in [0.717, 1.165) is 19.3 Å². The summed E-state index contributed by atoms with van der Waals surface area (Å²) < 4.78 is 0. The fourth-order valence-electron chi connectivity index (χ4n) is 2.20. The van der Waals surface area contributed by atoms with Crippen LogP contribution < -0.4 is 0 Å². The van der Waals surface area contributed by atoms with E-state index in [9.17, 15) is 9.59 Å². The third kappa shape index (κ3) is 2.21. The Hall–Kier alpha value is -0.700. The van der Waals surface area contributed by atoms with Crippen molar-refractivity contribution in [2.75, 3.05) is 6.54 Å². The van der Waals surface area contributed by atoms with Crippen molar-refractivity contribution in [1.82, 2.24) is 4.90 Å². The maximum Gasteiger partial charge on any atom is 0.146 e. The summed E-state index contributed by atoms with van der Waals surface area (Å²) in [6.07, 6.45) is 1.80. The van der Waals surface area contributed by atoms with E-state index in [1.165, 1.54) is 0 Å². The fourth-order valence-corrected chi connectivity index (χ4v) is 2.20. The van der Waals surface area contributed by atoms with Gasteiger partial charge in [-0.05, 0) is 25.8 Å². The molecule has 1 aliphatic heterocycles. The van der Waals surface area contributed by atoms with E-state index in [1.807, 2.05) is 18.7 Å². The molecule has 14 heavy (non-hydrogen) atoms. The highest BCUT2D eigenvalue weighted by Crippen LogP contribution is 2.28. The molecule has 3 nitrogen and oxygen atoms in total. The van der Waals surface area contributed by atoms with Crippen LogP contribution in [0.15, 0.2) is 0 Å². The number of rotatable bonds is 3. The third-order valence-electron chi connectivity index (χ3n) is 2.94. The van der Waals surface area contributed by atoms with Gasteiger partial charge in [0.15, 0.2) is 0 Å². The quantitative estimate of drug-likeness (QED) is 0.647. The lowest BCUT2D eigenvalue weighted by Gasteiger charge is -2.24. The van der Waals surface area contributed by atoms with E-state index in [0.29, 0.717) is 5.92 Å². The first kappa shape index (κ1) is 13.3. The summed E-state index contributed by atoms with van der Waals surface area (Å²) in [5.74, 6) is 0.490. The maximum absolute atomic E-state index is 11.3. The first-order valence-electron chi connectivity index (χ1n) is 4.83. The zero-order valence-electron chi connectivity index (χ0n) is 8.49. The van der Waals surface area contributed by atoms with Gasteiger partial charge in [-0.3, -0.25) is 9.69 Å². The number of likely N-dealkylation sites (tertiary alicyclic amines) is 1. The Labute approximate surface area is 86.5 Å². The van der Waals surface area contributed by atoms with Crippen LogP contribution in [0.4, 0.5) is 0 Å². The van der Waals surface area contributed by atoms with E-state index < -0.39 is 0 Å². The number of hydrogen-bond donors (Lipinski definition) is 0. The molecule has 0 unspecified atom stereocenters. The highest BCUT2D eigenvalue weighted by Gasteiger charge is 2.39. The summed E-state index contributed by atoms with van der Waals surface area (Å²) in [7, 11) is 0. The predicted molar refractivity (Wildman–Crippen MR) is 57.2 cm³/mol. The molecule has 1 fully saturated rings. The maximum atomic E-state index is 11.3. The summed E-state index contributed by atoms with van der Waals surface area (Å²) in [6, 6.07) is -0.0888. The average Bonchev–Trinajstić information content (AvgIpc) is 2.41. The first-order chi connectivity index (χ1) is 6.11. The lowest BCUT2D eigenvalue weighted by molar-refractivity contribution is -0.122. The van der Waals surface area contributed by atoms with Crippen molar-refractivity contribution in [3.8, 4) is 0 Å². The van der Waals surface area contributed by atoms with Crippen LogP contribution in [-0.4, -0.2) is 35.6 Å². The van der Waals surface area contributed by atoms with Crippen LogP contribution in [0.2, 0.25) is 0 Å². The Morgan fingerprint density at radius 3 is 2.50 bits per heavy atom. The topological polar surface area (TPSA) is 37.4 Å². The molecule has 0 N–H and O–H groups in total. The smallest absolute Gasteiger partial charge is 0.146 e. The van der Waals surface area contributed by atoms with Crippen molar-refractivity contribution in [3.63, 3.8) is 0 Å². The monoisotopic (exact) mass is 199 g/mol. The number of aldehydes is 1. The standard InChI is InChI=1S/C10H17NO2.CH4/c1-4-11-9(8(3)13)5-7(2)10(11)6-12;/h6-7,9-10H,4-5H2,1-3H3;1H4/t7-,9-,10+;/m1./s1. The van der Waals surface area contributed by atoms with Crippen LogP contribution in [0.25, 0.3) is 0 Å². The van der Waals surface area contributed by atoms with Crippen LogP contribution in [-0.2, 0) is 9.59 Å². The molecule has 0 aliphatic carbocycles. The Kier molecular flexibility index (Phi) is 4.99. The number of ketones is 1. The summed E-state index contributed by atoms with van der Waals surface area (Å²) in [6.45, 7) is 6.40. The van der Waals surface area contributed by atoms with Crippen LogP contribution in [0, 0.1) is 5.92 Å². The second kappa shape index (κ2) is 5.25. The molecule has 0 aromatic carbocycles. The van der Waals surface area contributed by atoms with Gasteiger partial charge >= 0.3 is 0 Å². The molecule has 0 bridgehead atoms. The van der Waals surface area contributed by atoms with Crippen LogP contribution in [0.5, 0.6) is 0 Å². The lowest BCUT2D eigenvalue weighted by Crippen LogP contribution is -2.41. The van der Waals surface area contributed by atoms with Gasteiger partial charge in [0.1, 0.15) is 12.1 Å². The van der Waals surface area contributed by atoms with Crippen LogP contribution >= 0.6 is 0 Å². The van der Waals surface area contributed by atoms with Gasteiger partial charge < -0.3 is 4.79 Å². The van der Waals surface area contributed by atoms with Crippen LogP contribution in [0.1, 0.15) is 34.6 Å². The van der Waals surface area contributed by atoms with Gasteiger partial charge in [0, 0.05) is 0 Å². The molecule has 1 heterocycles. The molecule has 0 radical (unpaired) electrons. The Morgan fingerprint density at radius 2 is 2.14 bits per heavy atom. The van der Waals surface area contributed by atoms with E-state index in [-0.39, 0.29) is 25.3 Å². The molecule has 0 aromatic rings. The van der Waals surface area contributed by atoms with Gasteiger partial charge in [0.05, 0.1) is 12.1 Å². The van der Waals surface area contributed by atoms with Gasteiger partial charge in [0.25, 0.3) is 0 Å². The Balaban J connectivity index is 0.00000169. The van der Waals surface area contributed by atoms with Gasteiger partial charge in [-0.15, -0.1) is 0 Å². The summed E-state index contributed by atoms with van der Waals surface area (Å²) >= 11 is 0. The largest absolute Gasteiger partial charge is 0.302 e. The van der Waals surface area contributed by atoms with Gasteiger partial charge in [-0.1, -0.05) is 21.3 Å². The molecule has 0 amide bonds. The van der Waals surface area contributed by atoms with Crippen LogP contribution in [0.3, 0.4) is 0 Å². The molecule has 1 aliphatic rings. The molecule has 82 valence electrons. The normalized spacial score (nSPS) is 32.4. The second-order valence-electron chi connectivity index (χ2n) is 3.80. The third-order valence-corrected chi connectivity index (χ3v) is 2.94. The number of likely N-dealkylation sites (N-methyl/N-ethyl adjacent to an activating group) is 1. The minimum absolute atomic E-state index is 0. The number of carbonyl (C=O) groups excluding carboxylic acids is 2. The van der Waals surface area contributed by atoms with Crippen molar-refractivity contribution >= 4 is 12.1 Å². The van der Waals surface area contributed by atoms with E-state index in [2.05, 4.69) is 0 Å². The van der Waals surface area contributed by atoms with E-state index in [4.69, 9.17) is 0 Å². The molecule has 3 heteroatoms. The Morgan fingerprint density at radius 1 is 1.57 bits per heavy atom. The van der Waals surface area contributed by atoms with E-state index in [1.54, 1.807) is 6.92 Å². The number of carbonyl (C=O) groups is 2. The molecule has 3 atom stereocenters. The van der Waals surface area contributed by atoms with E-state index >= 15 is 0 Å². The fraction of sp³-hybridized carbons (Fsp3) is 0.818. The summed E-state index contributed by atoms with van der Waals surface area (Å²) in [5.41, 5.74) is 0. The zero-order valence-corrected chi connectivity index (χ0v) is 8.49. The van der Waals surface area contributed by atoms with Gasteiger partial charge in [-0.25, -0.2) is 0 Å². The molecule has 0 saturated carbocycles. The van der Waals surface area contributed by atoms with Gasteiger partial charge in [0.2, 0.25) is 0 Å².